The van der Waals surface area contributed by atoms with E-state index in [4.69, 9.17) is 14.2 Å². The number of esters is 1. The fourth-order valence-corrected chi connectivity index (χ4v) is 5.49. The number of rotatable bonds is 6. The highest BCUT2D eigenvalue weighted by atomic mass is 16.5. The molecule has 3 fully saturated rings. The van der Waals surface area contributed by atoms with Gasteiger partial charge < -0.3 is 19.1 Å². The van der Waals surface area contributed by atoms with Crippen LogP contribution in [0.5, 0.6) is 11.5 Å². The van der Waals surface area contributed by atoms with Gasteiger partial charge in [0, 0.05) is 23.9 Å². The number of likely N-dealkylation sites (tertiary alicyclic amines) is 1. The molecule has 1 aliphatic heterocycles. The van der Waals surface area contributed by atoms with Crippen molar-refractivity contribution >= 4 is 17.7 Å². The minimum Gasteiger partial charge on any atom is -0.497 e. The molecule has 31 heavy (non-hydrogen) atoms. The van der Waals surface area contributed by atoms with Crippen molar-refractivity contribution in [1.29, 1.82) is 0 Å². The molecule has 7 heteroatoms. The Kier molecular flexibility index (Phi) is 6.49. The first kappa shape index (κ1) is 21.7. The molecule has 0 N–H and O–H groups in total. The van der Waals surface area contributed by atoms with Crippen molar-refractivity contribution in [3.8, 4) is 11.5 Å². The van der Waals surface area contributed by atoms with Gasteiger partial charge in [0.15, 0.2) is 6.61 Å². The maximum absolute atomic E-state index is 12.9. The standard InChI is InChI=1S/C24H31NO6/c1-29-18-8-9-21(30-2)19(13-18)20-7-4-10-25(20)22(26)14-31-24(28)17-11-15-5-3-6-16(12-17)23(15)27/h8-9,13,15-17,20H,3-7,10-12,14H2,1-2H3/t15-,16-,20-/m1/s1. The summed E-state index contributed by atoms with van der Waals surface area (Å²) in [4.78, 5) is 39.6. The topological polar surface area (TPSA) is 82.1 Å². The summed E-state index contributed by atoms with van der Waals surface area (Å²) in [5, 5.41) is 0. The van der Waals surface area contributed by atoms with Gasteiger partial charge in [-0.25, -0.2) is 0 Å². The molecule has 0 radical (unpaired) electrons. The smallest absolute Gasteiger partial charge is 0.309 e. The lowest BCUT2D eigenvalue weighted by Crippen LogP contribution is -2.40. The van der Waals surface area contributed by atoms with Crippen molar-refractivity contribution in [1.82, 2.24) is 4.90 Å². The molecule has 2 aliphatic carbocycles. The monoisotopic (exact) mass is 429 g/mol. The van der Waals surface area contributed by atoms with Crippen LogP contribution in [0.1, 0.15) is 56.6 Å². The Morgan fingerprint density at radius 3 is 2.45 bits per heavy atom. The minimum absolute atomic E-state index is 0.00996. The van der Waals surface area contributed by atoms with E-state index in [-0.39, 0.29) is 42.3 Å². The predicted octanol–water partition coefficient (Wildman–Crippen LogP) is 3.31. The molecular formula is C24H31NO6. The number of carbonyl (C=O) groups excluding carboxylic acids is 3. The molecule has 3 aliphatic rings. The maximum Gasteiger partial charge on any atom is 0.309 e. The first-order chi connectivity index (χ1) is 15.0. The summed E-state index contributed by atoms with van der Waals surface area (Å²) in [7, 11) is 3.22. The SMILES string of the molecule is COc1ccc(OC)c([C@H]2CCCN2C(=O)COC(=O)C2C[C@H]3CCC[C@H](C2)C3=O)c1. The first-order valence-electron chi connectivity index (χ1n) is 11.2. The number of benzene rings is 1. The molecule has 7 nitrogen and oxygen atoms in total. The lowest BCUT2D eigenvalue weighted by Gasteiger charge is -2.36. The van der Waals surface area contributed by atoms with Crippen LogP contribution in [0.2, 0.25) is 0 Å². The van der Waals surface area contributed by atoms with Gasteiger partial charge in [-0.05, 0) is 56.7 Å². The highest BCUT2D eigenvalue weighted by molar-refractivity contribution is 5.88. The van der Waals surface area contributed by atoms with Crippen molar-refractivity contribution in [3.05, 3.63) is 23.8 Å². The van der Waals surface area contributed by atoms with Crippen molar-refractivity contribution < 1.29 is 28.6 Å². The van der Waals surface area contributed by atoms with Gasteiger partial charge >= 0.3 is 5.97 Å². The number of methoxy groups -OCH3 is 2. The number of ether oxygens (including phenoxy) is 3. The second-order valence-electron chi connectivity index (χ2n) is 8.86. The number of fused-ring (bicyclic) bond motifs is 2. The molecule has 168 valence electrons. The van der Waals surface area contributed by atoms with Crippen LogP contribution in [0.15, 0.2) is 18.2 Å². The van der Waals surface area contributed by atoms with Gasteiger partial charge in [0.25, 0.3) is 5.91 Å². The summed E-state index contributed by atoms with van der Waals surface area (Å²) < 4.78 is 16.3. The summed E-state index contributed by atoms with van der Waals surface area (Å²) >= 11 is 0. The van der Waals surface area contributed by atoms with Gasteiger partial charge in [-0.3, -0.25) is 14.4 Å². The highest BCUT2D eigenvalue weighted by Crippen LogP contribution is 2.41. The average molecular weight is 430 g/mol. The molecule has 0 unspecified atom stereocenters. The summed E-state index contributed by atoms with van der Waals surface area (Å²) in [6.45, 7) is 0.352. The summed E-state index contributed by atoms with van der Waals surface area (Å²) in [6, 6.07) is 5.44. The maximum atomic E-state index is 12.9. The van der Waals surface area contributed by atoms with Gasteiger partial charge in [0.1, 0.15) is 17.3 Å². The second-order valence-corrected chi connectivity index (χ2v) is 8.86. The van der Waals surface area contributed by atoms with Crippen molar-refractivity contribution in [2.45, 2.75) is 51.0 Å². The molecule has 0 aromatic heterocycles. The molecule has 4 rings (SSSR count). The Balaban J connectivity index is 1.38. The van der Waals surface area contributed by atoms with E-state index in [0.717, 1.165) is 37.7 Å². The third-order valence-corrected chi connectivity index (χ3v) is 7.09. The normalized spacial score (nSPS) is 27.7. The van der Waals surface area contributed by atoms with E-state index in [0.29, 0.717) is 36.7 Å². The number of Topliss-reactive ketones (excluding diaryl/α,β-unsaturated/α-hetero) is 1. The van der Waals surface area contributed by atoms with E-state index in [1.165, 1.54) is 0 Å². The molecule has 1 saturated heterocycles. The van der Waals surface area contributed by atoms with E-state index >= 15 is 0 Å². The van der Waals surface area contributed by atoms with Crippen LogP contribution in [0.3, 0.4) is 0 Å². The van der Waals surface area contributed by atoms with E-state index in [1.807, 2.05) is 18.2 Å². The van der Waals surface area contributed by atoms with Crippen LogP contribution in [0.4, 0.5) is 0 Å². The zero-order valence-electron chi connectivity index (χ0n) is 18.3. The number of hydrogen-bond donors (Lipinski definition) is 0. The van der Waals surface area contributed by atoms with E-state index in [2.05, 4.69) is 0 Å². The van der Waals surface area contributed by atoms with Crippen LogP contribution in [-0.4, -0.2) is 49.9 Å². The second kappa shape index (κ2) is 9.28. The number of carbonyl (C=O) groups is 3. The zero-order valence-corrected chi connectivity index (χ0v) is 18.3. The molecule has 2 bridgehead atoms. The third kappa shape index (κ3) is 4.41. The molecule has 1 heterocycles. The van der Waals surface area contributed by atoms with Crippen molar-refractivity contribution in [2.24, 2.45) is 17.8 Å². The third-order valence-electron chi connectivity index (χ3n) is 7.09. The molecule has 1 aromatic carbocycles. The molecule has 2 saturated carbocycles. The summed E-state index contributed by atoms with van der Waals surface area (Å²) in [5.74, 6) is 0.903. The fourth-order valence-electron chi connectivity index (χ4n) is 5.49. The lowest BCUT2D eigenvalue weighted by molar-refractivity contribution is -0.159. The first-order valence-corrected chi connectivity index (χ1v) is 11.2. The van der Waals surface area contributed by atoms with Crippen LogP contribution in [0, 0.1) is 17.8 Å². The van der Waals surface area contributed by atoms with E-state index in [1.54, 1.807) is 19.1 Å². The largest absolute Gasteiger partial charge is 0.497 e. The number of hydrogen-bond acceptors (Lipinski definition) is 6. The van der Waals surface area contributed by atoms with Gasteiger partial charge in [0.2, 0.25) is 0 Å². The van der Waals surface area contributed by atoms with Crippen LogP contribution in [-0.2, 0) is 19.1 Å². The van der Waals surface area contributed by atoms with Crippen LogP contribution in [0.25, 0.3) is 0 Å². The molecular weight excluding hydrogens is 398 g/mol. The average Bonchev–Trinajstić information content (AvgIpc) is 3.26. The van der Waals surface area contributed by atoms with Crippen molar-refractivity contribution in [2.75, 3.05) is 27.4 Å². The molecule has 1 aromatic rings. The minimum atomic E-state index is -0.340. The van der Waals surface area contributed by atoms with Gasteiger partial charge in [0.05, 0.1) is 26.2 Å². The number of amides is 1. The lowest BCUT2D eigenvalue weighted by atomic mass is 9.67. The Hall–Kier alpha value is -2.57. The molecule has 0 spiro atoms. The van der Waals surface area contributed by atoms with E-state index < -0.39 is 0 Å². The fraction of sp³-hybridized carbons (Fsp3) is 0.625. The summed E-state index contributed by atoms with van der Waals surface area (Å²) in [6.07, 6.45) is 5.62. The summed E-state index contributed by atoms with van der Waals surface area (Å²) in [5.41, 5.74) is 0.901. The molecule has 1 amide bonds. The van der Waals surface area contributed by atoms with Gasteiger partial charge in [-0.15, -0.1) is 0 Å². The Morgan fingerprint density at radius 2 is 1.77 bits per heavy atom. The predicted molar refractivity (Wildman–Crippen MR) is 113 cm³/mol. The van der Waals surface area contributed by atoms with Crippen LogP contribution < -0.4 is 9.47 Å². The Morgan fingerprint density at radius 1 is 1.03 bits per heavy atom. The van der Waals surface area contributed by atoms with Gasteiger partial charge in [-0.1, -0.05) is 6.42 Å². The quantitative estimate of drug-likeness (QED) is 0.646. The Labute approximate surface area is 183 Å². The van der Waals surface area contributed by atoms with Crippen molar-refractivity contribution in [3.63, 3.8) is 0 Å². The van der Waals surface area contributed by atoms with Crippen LogP contribution >= 0.6 is 0 Å². The zero-order chi connectivity index (χ0) is 22.0. The van der Waals surface area contributed by atoms with Gasteiger partial charge in [-0.2, -0.15) is 0 Å². The highest BCUT2D eigenvalue weighted by Gasteiger charge is 2.42. The number of ketones is 1. The number of nitrogens with zero attached hydrogens (tertiary/aromatic N) is 1. The van der Waals surface area contributed by atoms with E-state index in [9.17, 15) is 14.4 Å². The Bertz CT molecular complexity index is 836. The molecule has 3 atom stereocenters.